The van der Waals surface area contributed by atoms with Crippen molar-refractivity contribution in [2.45, 2.75) is 20.3 Å². The van der Waals surface area contributed by atoms with Crippen molar-refractivity contribution in [1.82, 2.24) is 14.6 Å². The Hall–Kier alpha value is -1.18. The zero-order valence-electron chi connectivity index (χ0n) is 11.7. The summed E-state index contributed by atoms with van der Waals surface area (Å²) < 4.78 is 27.8. The molecule has 1 heterocycles. The van der Waals surface area contributed by atoms with E-state index in [9.17, 15) is 8.42 Å². The highest BCUT2D eigenvalue weighted by Gasteiger charge is 2.17. The Bertz CT molecular complexity index is 490. The minimum Gasteiger partial charge on any atom is -0.317 e. The third-order valence-corrected chi connectivity index (χ3v) is 4.08. The number of pyridine rings is 1. The van der Waals surface area contributed by atoms with Crippen LogP contribution in [0.3, 0.4) is 0 Å². The van der Waals surface area contributed by atoms with Gasteiger partial charge in [0.2, 0.25) is 0 Å². The summed E-state index contributed by atoms with van der Waals surface area (Å²) in [7, 11) is -1.96. The van der Waals surface area contributed by atoms with E-state index in [-0.39, 0.29) is 0 Å². The lowest BCUT2D eigenvalue weighted by atomic mass is 10.4. The van der Waals surface area contributed by atoms with Crippen LogP contribution in [0.15, 0.2) is 18.2 Å². The minimum absolute atomic E-state index is 0.346. The lowest BCUT2D eigenvalue weighted by Crippen LogP contribution is -2.34. The largest absolute Gasteiger partial charge is 0.317 e. The number of aryl methyl sites for hydroxylation is 1. The third kappa shape index (κ3) is 5.54. The van der Waals surface area contributed by atoms with Gasteiger partial charge in [0.05, 0.1) is 0 Å². The summed E-state index contributed by atoms with van der Waals surface area (Å²) in [6.07, 6.45) is 0.770. The monoisotopic (exact) mass is 286 g/mol. The van der Waals surface area contributed by atoms with Crippen LogP contribution >= 0.6 is 0 Å². The number of rotatable bonds is 8. The van der Waals surface area contributed by atoms with Gasteiger partial charge in [-0.1, -0.05) is 13.0 Å². The van der Waals surface area contributed by atoms with Gasteiger partial charge in [-0.2, -0.15) is 12.7 Å². The van der Waals surface area contributed by atoms with E-state index in [4.69, 9.17) is 0 Å². The van der Waals surface area contributed by atoms with Crippen LogP contribution in [0.5, 0.6) is 0 Å². The second-order valence-electron chi connectivity index (χ2n) is 4.30. The smallest absolute Gasteiger partial charge is 0.302 e. The maximum atomic E-state index is 12.0. The topological polar surface area (TPSA) is 74.3 Å². The fourth-order valence-corrected chi connectivity index (χ4v) is 2.44. The van der Waals surface area contributed by atoms with Gasteiger partial charge in [-0.25, -0.2) is 4.98 Å². The van der Waals surface area contributed by atoms with Crippen LogP contribution in [0.4, 0.5) is 5.82 Å². The van der Waals surface area contributed by atoms with Crippen LogP contribution in [0, 0.1) is 6.92 Å². The molecular formula is C12H22N4O2S. The van der Waals surface area contributed by atoms with Gasteiger partial charge in [-0.3, -0.25) is 4.72 Å². The molecule has 0 saturated carbocycles. The van der Waals surface area contributed by atoms with Gasteiger partial charge < -0.3 is 5.32 Å². The average Bonchev–Trinajstić information content (AvgIpc) is 2.33. The first kappa shape index (κ1) is 15.9. The van der Waals surface area contributed by atoms with E-state index in [1.54, 1.807) is 19.2 Å². The fourth-order valence-electron chi connectivity index (χ4n) is 1.53. The standard InChI is InChI=1S/C12H22N4O2S/c1-4-13-9-6-10-16(3)19(17,18)15-12-8-5-7-11(2)14-12/h5,7-8,13H,4,6,9-10H2,1-3H3,(H,14,15). The van der Waals surface area contributed by atoms with Crippen LogP contribution < -0.4 is 10.0 Å². The first-order valence-electron chi connectivity index (χ1n) is 6.34. The first-order valence-corrected chi connectivity index (χ1v) is 7.78. The normalized spacial score (nSPS) is 11.8. The molecule has 0 atom stereocenters. The molecule has 0 aliphatic rings. The molecule has 1 aromatic rings. The van der Waals surface area contributed by atoms with Gasteiger partial charge in [0.15, 0.2) is 0 Å². The van der Waals surface area contributed by atoms with Crippen LogP contribution in [0.2, 0.25) is 0 Å². The molecule has 0 fully saturated rings. The van der Waals surface area contributed by atoms with Crippen molar-refractivity contribution in [3.63, 3.8) is 0 Å². The van der Waals surface area contributed by atoms with Crippen molar-refractivity contribution >= 4 is 16.0 Å². The van der Waals surface area contributed by atoms with Crippen molar-refractivity contribution in [2.75, 3.05) is 31.4 Å². The zero-order chi connectivity index (χ0) is 14.3. The molecule has 0 aromatic carbocycles. The predicted octanol–water partition coefficient (Wildman–Crippen LogP) is 0.978. The summed E-state index contributed by atoms with van der Waals surface area (Å²) in [5.74, 6) is 0.346. The summed E-state index contributed by atoms with van der Waals surface area (Å²) in [4.78, 5) is 4.12. The number of aromatic nitrogens is 1. The van der Waals surface area contributed by atoms with Crippen molar-refractivity contribution in [2.24, 2.45) is 0 Å². The molecule has 0 saturated heterocycles. The van der Waals surface area contributed by atoms with E-state index in [0.29, 0.717) is 12.4 Å². The minimum atomic E-state index is -3.52. The number of hydrogen-bond donors (Lipinski definition) is 2. The molecule has 0 radical (unpaired) electrons. The molecule has 0 bridgehead atoms. The van der Waals surface area contributed by atoms with Crippen molar-refractivity contribution < 1.29 is 8.42 Å². The quantitative estimate of drug-likeness (QED) is 0.699. The maximum absolute atomic E-state index is 12.0. The van der Waals surface area contributed by atoms with E-state index < -0.39 is 10.2 Å². The summed E-state index contributed by atoms with van der Waals surface area (Å²) in [5.41, 5.74) is 0.773. The van der Waals surface area contributed by atoms with Crippen molar-refractivity contribution in [3.05, 3.63) is 23.9 Å². The summed E-state index contributed by atoms with van der Waals surface area (Å²) in [5, 5.41) is 3.16. The number of nitrogens with zero attached hydrogens (tertiary/aromatic N) is 2. The predicted molar refractivity (Wildman–Crippen MR) is 77.3 cm³/mol. The molecule has 0 amide bonds. The second kappa shape index (κ2) is 7.42. The van der Waals surface area contributed by atoms with E-state index in [2.05, 4.69) is 15.0 Å². The number of anilines is 1. The number of nitrogens with one attached hydrogen (secondary N) is 2. The Morgan fingerprint density at radius 3 is 2.74 bits per heavy atom. The number of hydrogen-bond acceptors (Lipinski definition) is 4. The molecule has 1 rings (SSSR count). The maximum Gasteiger partial charge on any atom is 0.302 e. The Labute approximate surface area is 115 Å². The van der Waals surface area contributed by atoms with Gasteiger partial charge in [0.25, 0.3) is 0 Å². The lowest BCUT2D eigenvalue weighted by molar-refractivity contribution is 0.459. The van der Waals surface area contributed by atoms with Crippen LogP contribution in [0.1, 0.15) is 19.0 Å². The van der Waals surface area contributed by atoms with Gasteiger partial charge in [-0.15, -0.1) is 0 Å². The van der Waals surface area contributed by atoms with Crippen LogP contribution in [-0.4, -0.2) is 44.4 Å². The van der Waals surface area contributed by atoms with Gasteiger partial charge in [0, 0.05) is 19.3 Å². The molecule has 19 heavy (non-hydrogen) atoms. The zero-order valence-corrected chi connectivity index (χ0v) is 12.5. The van der Waals surface area contributed by atoms with Crippen LogP contribution in [0.25, 0.3) is 0 Å². The highest BCUT2D eigenvalue weighted by atomic mass is 32.2. The van der Waals surface area contributed by atoms with E-state index >= 15 is 0 Å². The van der Waals surface area contributed by atoms with E-state index in [1.807, 2.05) is 19.9 Å². The van der Waals surface area contributed by atoms with Gasteiger partial charge in [-0.05, 0) is 38.6 Å². The fraction of sp³-hybridized carbons (Fsp3) is 0.583. The van der Waals surface area contributed by atoms with Crippen LogP contribution in [-0.2, 0) is 10.2 Å². The molecule has 2 N–H and O–H groups in total. The summed E-state index contributed by atoms with van der Waals surface area (Å²) in [6, 6.07) is 5.22. The molecule has 108 valence electrons. The van der Waals surface area contributed by atoms with Gasteiger partial charge in [0.1, 0.15) is 5.82 Å². The SMILES string of the molecule is CCNCCCN(C)S(=O)(=O)Nc1cccc(C)n1. The van der Waals surface area contributed by atoms with E-state index in [1.165, 1.54) is 4.31 Å². The Morgan fingerprint density at radius 2 is 2.11 bits per heavy atom. The third-order valence-electron chi connectivity index (χ3n) is 2.61. The molecule has 6 nitrogen and oxygen atoms in total. The molecule has 0 unspecified atom stereocenters. The second-order valence-corrected chi connectivity index (χ2v) is 6.08. The highest BCUT2D eigenvalue weighted by Crippen LogP contribution is 2.08. The highest BCUT2D eigenvalue weighted by molar-refractivity contribution is 7.90. The van der Waals surface area contributed by atoms with Gasteiger partial charge >= 0.3 is 10.2 Å². The molecule has 7 heteroatoms. The Morgan fingerprint density at radius 1 is 1.37 bits per heavy atom. The average molecular weight is 286 g/mol. The first-order chi connectivity index (χ1) is 8.95. The van der Waals surface area contributed by atoms with E-state index in [0.717, 1.165) is 25.2 Å². The molecular weight excluding hydrogens is 264 g/mol. The Balaban J connectivity index is 2.55. The molecule has 1 aromatic heterocycles. The lowest BCUT2D eigenvalue weighted by Gasteiger charge is -2.18. The molecule has 0 aliphatic carbocycles. The summed E-state index contributed by atoms with van der Waals surface area (Å²) >= 11 is 0. The molecule has 0 spiro atoms. The van der Waals surface area contributed by atoms with Crippen molar-refractivity contribution in [3.8, 4) is 0 Å². The summed E-state index contributed by atoms with van der Waals surface area (Å²) in [6.45, 7) is 6.00. The Kier molecular flexibility index (Phi) is 6.20. The van der Waals surface area contributed by atoms with Crippen molar-refractivity contribution in [1.29, 1.82) is 0 Å². The molecule has 0 aliphatic heterocycles.